The fourth-order valence-corrected chi connectivity index (χ4v) is 9.91. The first-order valence-electron chi connectivity index (χ1n) is 19.1. The molecule has 11 rings (SSSR count). The van der Waals surface area contributed by atoms with Crippen molar-refractivity contribution in [2.24, 2.45) is 0 Å². The minimum absolute atomic E-state index is 0.494. The van der Waals surface area contributed by atoms with E-state index < -0.39 is 5.41 Å². The van der Waals surface area contributed by atoms with Gasteiger partial charge in [-0.3, -0.25) is 0 Å². The number of hydrogen-bond acceptors (Lipinski definition) is 3. The molecule has 3 heteroatoms. The topological polar surface area (TPSA) is 25.8 Å². The molecule has 2 heterocycles. The van der Waals surface area contributed by atoms with Crippen LogP contribution in [0.5, 0.6) is 0 Å². The van der Waals surface area contributed by atoms with Crippen molar-refractivity contribution in [3.05, 3.63) is 229 Å². The fourth-order valence-electron chi connectivity index (χ4n) is 8.83. The monoisotopic (exact) mass is 730 g/mol. The van der Waals surface area contributed by atoms with Gasteiger partial charge in [0.15, 0.2) is 5.82 Å². The molecule has 0 saturated heterocycles. The second-order valence-corrected chi connectivity index (χ2v) is 15.6. The van der Waals surface area contributed by atoms with E-state index in [2.05, 4.69) is 200 Å². The fraction of sp³-hybridized carbons (Fsp3) is 0.0189. The van der Waals surface area contributed by atoms with Crippen molar-refractivity contribution in [2.45, 2.75) is 5.41 Å². The predicted octanol–water partition coefficient (Wildman–Crippen LogP) is 13.9. The average molecular weight is 731 g/mol. The van der Waals surface area contributed by atoms with Crippen molar-refractivity contribution in [1.82, 2.24) is 9.97 Å². The molecule has 262 valence electrons. The molecule has 0 fully saturated rings. The third kappa shape index (κ3) is 5.16. The Morgan fingerprint density at radius 2 is 0.893 bits per heavy atom. The SMILES string of the molecule is c1ccc(-c2nc(-c3cccc(-c4ccc5sc6ccccc6c5c4)c3)cc(-c3ccc4c(c3)C(c3ccccc3)(c3ccccc3)c3ccccc3-4)n2)cc1. The van der Waals surface area contributed by atoms with E-state index in [4.69, 9.17) is 9.97 Å². The van der Waals surface area contributed by atoms with Crippen molar-refractivity contribution in [1.29, 1.82) is 0 Å². The molecule has 0 spiro atoms. The summed E-state index contributed by atoms with van der Waals surface area (Å²) in [5.74, 6) is 0.704. The second kappa shape index (κ2) is 13.1. The van der Waals surface area contributed by atoms with Crippen molar-refractivity contribution in [2.75, 3.05) is 0 Å². The summed E-state index contributed by atoms with van der Waals surface area (Å²) in [5.41, 5.74) is 14.3. The molecular weight excluding hydrogens is 697 g/mol. The lowest BCUT2D eigenvalue weighted by Gasteiger charge is -2.34. The molecule has 1 aliphatic rings. The highest BCUT2D eigenvalue weighted by molar-refractivity contribution is 7.25. The van der Waals surface area contributed by atoms with Crippen LogP contribution in [0.2, 0.25) is 0 Å². The summed E-state index contributed by atoms with van der Waals surface area (Å²) in [5, 5.41) is 2.60. The minimum atomic E-state index is -0.494. The Morgan fingerprint density at radius 3 is 1.66 bits per heavy atom. The lowest BCUT2D eigenvalue weighted by Crippen LogP contribution is -2.28. The van der Waals surface area contributed by atoms with Gasteiger partial charge in [-0.05, 0) is 80.9 Å². The lowest BCUT2D eigenvalue weighted by atomic mass is 9.67. The molecule has 0 radical (unpaired) electrons. The van der Waals surface area contributed by atoms with E-state index in [9.17, 15) is 0 Å². The molecule has 0 unspecified atom stereocenters. The van der Waals surface area contributed by atoms with Gasteiger partial charge in [-0.2, -0.15) is 0 Å². The van der Waals surface area contributed by atoms with Crippen LogP contribution in [0, 0.1) is 0 Å². The molecule has 0 saturated carbocycles. The van der Waals surface area contributed by atoms with Gasteiger partial charge in [0.1, 0.15) is 0 Å². The quantitative estimate of drug-likeness (QED) is 0.170. The molecule has 10 aromatic rings. The minimum Gasteiger partial charge on any atom is -0.228 e. The number of aromatic nitrogens is 2. The second-order valence-electron chi connectivity index (χ2n) is 14.5. The van der Waals surface area contributed by atoms with Crippen LogP contribution >= 0.6 is 11.3 Å². The van der Waals surface area contributed by atoms with Crippen LogP contribution in [-0.4, -0.2) is 9.97 Å². The van der Waals surface area contributed by atoms with Gasteiger partial charge in [0.05, 0.1) is 16.8 Å². The number of thiophene rings is 1. The average Bonchev–Trinajstić information content (AvgIpc) is 3.80. The summed E-state index contributed by atoms with van der Waals surface area (Å²) >= 11 is 1.85. The van der Waals surface area contributed by atoms with E-state index in [0.717, 1.165) is 33.6 Å². The van der Waals surface area contributed by atoms with E-state index in [1.165, 1.54) is 59.1 Å². The Kier molecular flexibility index (Phi) is 7.61. The zero-order valence-electron chi connectivity index (χ0n) is 30.4. The first-order chi connectivity index (χ1) is 27.7. The Bertz CT molecular complexity index is 3040. The Morgan fingerprint density at radius 1 is 0.339 bits per heavy atom. The molecular formula is C53H34N2S. The van der Waals surface area contributed by atoms with E-state index in [1.807, 2.05) is 17.4 Å². The summed E-state index contributed by atoms with van der Waals surface area (Å²) in [7, 11) is 0. The number of hydrogen-bond donors (Lipinski definition) is 0. The summed E-state index contributed by atoms with van der Waals surface area (Å²) < 4.78 is 2.62. The van der Waals surface area contributed by atoms with Crippen LogP contribution in [0.1, 0.15) is 22.3 Å². The van der Waals surface area contributed by atoms with E-state index >= 15 is 0 Å². The zero-order chi connectivity index (χ0) is 37.1. The van der Waals surface area contributed by atoms with Crippen molar-refractivity contribution in [3.8, 4) is 56.2 Å². The van der Waals surface area contributed by atoms with Crippen molar-refractivity contribution >= 4 is 31.5 Å². The highest BCUT2D eigenvalue weighted by Crippen LogP contribution is 2.56. The number of nitrogens with zero attached hydrogens (tertiary/aromatic N) is 2. The molecule has 0 aliphatic heterocycles. The molecule has 1 aliphatic carbocycles. The maximum absolute atomic E-state index is 5.30. The lowest BCUT2D eigenvalue weighted by molar-refractivity contribution is 0.768. The molecule has 56 heavy (non-hydrogen) atoms. The molecule has 2 nitrogen and oxygen atoms in total. The highest BCUT2D eigenvalue weighted by atomic mass is 32.1. The first kappa shape index (κ1) is 32.5. The maximum Gasteiger partial charge on any atom is 0.160 e. The van der Waals surface area contributed by atoms with E-state index in [0.29, 0.717) is 5.82 Å². The maximum atomic E-state index is 5.30. The Balaban J connectivity index is 1.10. The highest BCUT2D eigenvalue weighted by Gasteiger charge is 2.46. The van der Waals surface area contributed by atoms with Crippen molar-refractivity contribution < 1.29 is 0 Å². The van der Waals surface area contributed by atoms with Crippen LogP contribution in [0.15, 0.2) is 206 Å². The van der Waals surface area contributed by atoms with E-state index in [1.54, 1.807) is 0 Å². The third-order valence-electron chi connectivity index (χ3n) is 11.4. The zero-order valence-corrected chi connectivity index (χ0v) is 31.2. The third-order valence-corrected chi connectivity index (χ3v) is 12.5. The summed E-state index contributed by atoms with van der Waals surface area (Å²) in [6, 6.07) is 74.5. The van der Waals surface area contributed by atoms with Gasteiger partial charge in [-0.15, -0.1) is 11.3 Å². The number of benzene rings is 8. The van der Waals surface area contributed by atoms with Gasteiger partial charge in [0.25, 0.3) is 0 Å². The molecule has 0 bridgehead atoms. The van der Waals surface area contributed by atoms with Gasteiger partial charge in [-0.25, -0.2) is 9.97 Å². The van der Waals surface area contributed by atoms with E-state index in [-0.39, 0.29) is 0 Å². The largest absolute Gasteiger partial charge is 0.228 e. The smallest absolute Gasteiger partial charge is 0.160 e. The molecule has 0 amide bonds. The van der Waals surface area contributed by atoms with Crippen LogP contribution in [0.3, 0.4) is 0 Å². The van der Waals surface area contributed by atoms with Crippen LogP contribution in [0.4, 0.5) is 0 Å². The van der Waals surface area contributed by atoms with Gasteiger partial charge >= 0.3 is 0 Å². The predicted molar refractivity (Wildman–Crippen MR) is 234 cm³/mol. The Labute approximate surface area is 330 Å². The van der Waals surface area contributed by atoms with Crippen LogP contribution in [0.25, 0.3) is 76.3 Å². The van der Waals surface area contributed by atoms with Gasteiger partial charge < -0.3 is 0 Å². The molecule has 0 atom stereocenters. The molecule has 0 N–H and O–H groups in total. The number of rotatable bonds is 6. The summed E-state index contributed by atoms with van der Waals surface area (Å²) in [6.07, 6.45) is 0. The standard InChI is InChI=1S/C53H34N2S/c1-4-15-35(16-5-1)52-54-48(38-18-14-17-36(31-38)37-28-30-51-45(32-37)44-24-11-13-26-50(44)56-51)34-49(55-52)39-27-29-43-42-23-10-12-25-46(42)53(47(43)33-39,40-19-6-2-7-20-40)41-21-8-3-9-22-41/h1-34H. The van der Waals surface area contributed by atoms with Crippen LogP contribution < -0.4 is 0 Å². The van der Waals surface area contributed by atoms with Gasteiger partial charge in [0.2, 0.25) is 0 Å². The van der Waals surface area contributed by atoms with Crippen LogP contribution in [-0.2, 0) is 5.41 Å². The number of fused-ring (bicyclic) bond motifs is 6. The summed E-state index contributed by atoms with van der Waals surface area (Å²) in [6.45, 7) is 0. The van der Waals surface area contributed by atoms with Gasteiger partial charge in [-0.1, -0.05) is 170 Å². The van der Waals surface area contributed by atoms with Gasteiger partial charge in [0, 0.05) is 36.9 Å². The van der Waals surface area contributed by atoms with Crippen molar-refractivity contribution in [3.63, 3.8) is 0 Å². The molecule has 2 aromatic heterocycles. The summed E-state index contributed by atoms with van der Waals surface area (Å²) in [4.78, 5) is 10.5. The first-order valence-corrected chi connectivity index (χ1v) is 19.9. The Hall–Kier alpha value is -6.94. The molecule has 8 aromatic carbocycles. The normalized spacial score (nSPS) is 12.8.